The van der Waals surface area contributed by atoms with Crippen molar-refractivity contribution in [1.82, 2.24) is 4.98 Å². The lowest BCUT2D eigenvalue weighted by Crippen LogP contribution is -2.42. The van der Waals surface area contributed by atoms with Crippen molar-refractivity contribution in [1.29, 1.82) is 0 Å². The molecule has 0 saturated heterocycles. The van der Waals surface area contributed by atoms with E-state index in [1.54, 1.807) is 11.1 Å². The van der Waals surface area contributed by atoms with Gasteiger partial charge >= 0.3 is 5.97 Å². The Morgan fingerprint density at radius 1 is 1.10 bits per heavy atom. The van der Waals surface area contributed by atoms with Gasteiger partial charge in [-0.05, 0) is 94.3 Å². The van der Waals surface area contributed by atoms with Crippen LogP contribution in [0.3, 0.4) is 0 Å². The highest BCUT2D eigenvalue weighted by Gasteiger charge is 2.33. The van der Waals surface area contributed by atoms with Crippen LogP contribution in [0.4, 0.5) is 15.9 Å². The number of aryl methyl sites for hydroxylation is 1. The summed E-state index contributed by atoms with van der Waals surface area (Å²) in [7, 11) is 1.33. The number of anilines is 2. The third-order valence-electron chi connectivity index (χ3n) is 7.16. The summed E-state index contributed by atoms with van der Waals surface area (Å²) < 4.78 is 18.3. The van der Waals surface area contributed by atoms with E-state index in [1.165, 1.54) is 42.7 Å². The minimum atomic E-state index is -0.496. The molecule has 3 aromatic rings. The van der Waals surface area contributed by atoms with E-state index in [4.69, 9.17) is 4.74 Å². The zero-order chi connectivity index (χ0) is 28.3. The van der Waals surface area contributed by atoms with E-state index in [2.05, 4.69) is 17.2 Å². The van der Waals surface area contributed by atoms with Gasteiger partial charge in [0.15, 0.2) is 0 Å². The number of thiophene rings is 1. The molecule has 1 aliphatic carbocycles. The van der Waals surface area contributed by atoms with Crippen molar-refractivity contribution < 1.29 is 23.5 Å². The number of ether oxygens (including phenoxy) is 1. The lowest BCUT2D eigenvalue weighted by Gasteiger charge is -2.33. The number of esters is 1. The van der Waals surface area contributed by atoms with Gasteiger partial charge < -0.3 is 15.0 Å². The molecule has 7 nitrogen and oxygen atoms in total. The van der Waals surface area contributed by atoms with Crippen LogP contribution in [0, 0.1) is 24.6 Å². The van der Waals surface area contributed by atoms with Crippen molar-refractivity contribution in [3.8, 4) is 10.4 Å². The van der Waals surface area contributed by atoms with Crippen LogP contribution in [-0.2, 0) is 9.53 Å². The van der Waals surface area contributed by atoms with E-state index in [0.29, 0.717) is 33.4 Å². The number of carbonyl (C=O) groups is 3. The van der Waals surface area contributed by atoms with Gasteiger partial charge in [-0.1, -0.05) is 6.92 Å². The molecule has 2 heterocycles. The van der Waals surface area contributed by atoms with Crippen LogP contribution in [0.15, 0.2) is 42.6 Å². The first kappa shape index (κ1) is 28.4. The summed E-state index contributed by atoms with van der Waals surface area (Å²) in [6, 6.07) is 8.85. The van der Waals surface area contributed by atoms with E-state index in [-0.39, 0.29) is 17.9 Å². The first-order chi connectivity index (χ1) is 18.6. The number of carbonyl (C=O) groups excluding carboxylic acids is 3. The van der Waals surface area contributed by atoms with Crippen LogP contribution in [0.25, 0.3) is 10.4 Å². The molecule has 1 N–H and O–H groups in total. The molecule has 1 aromatic carbocycles. The van der Waals surface area contributed by atoms with E-state index in [1.807, 2.05) is 32.9 Å². The topological polar surface area (TPSA) is 88.6 Å². The van der Waals surface area contributed by atoms with Gasteiger partial charge in [-0.25, -0.2) is 14.2 Å². The number of amides is 2. The molecule has 0 atom stereocenters. The second-order valence-corrected chi connectivity index (χ2v) is 11.5. The first-order valence-electron chi connectivity index (χ1n) is 13.2. The number of hydrogen-bond acceptors (Lipinski definition) is 6. The fourth-order valence-electron chi connectivity index (χ4n) is 4.92. The number of nitrogens with one attached hydrogen (secondary N) is 1. The summed E-state index contributed by atoms with van der Waals surface area (Å²) in [5.41, 5.74) is 2.33. The molecule has 1 saturated carbocycles. The molecular formula is C30H34FN3O4S. The van der Waals surface area contributed by atoms with Crippen LogP contribution >= 0.6 is 11.3 Å². The van der Waals surface area contributed by atoms with Gasteiger partial charge in [-0.2, -0.15) is 0 Å². The zero-order valence-electron chi connectivity index (χ0n) is 22.9. The molecule has 0 aliphatic heterocycles. The van der Waals surface area contributed by atoms with E-state index in [9.17, 15) is 18.8 Å². The first-order valence-corrected chi connectivity index (χ1v) is 14.0. The zero-order valence-corrected chi connectivity index (χ0v) is 23.7. The largest absolute Gasteiger partial charge is 0.465 e. The quantitative estimate of drug-likeness (QED) is 0.324. The minimum Gasteiger partial charge on any atom is -0.465 e. The molecule has 1 aliphatic rings. The van der Waals surface area contributed by atoms with Crippen LogP contribution in [0.5, 0.6) is 0 Å². The Labute approximate surface area is 232 Å². The average molecular weight is 552 g/mol. The van der Waals surface area contributed by atoms with Crippen molar-refractivity contribution in [2.75, 3.05) is 17.3 Å². The number of hydrogen-bond donors (Lipinski definition) is 1. The third kappa shape index (κ3) is 6.36. The minimum absolute atomic E-state index is 0.0413. The molecule has 4 rings (SSSR count). The predicted octanol–water partition coefficient (Wildman–Crippen LogP) is 6.86. The second kappa shape index (κ2) is 12.1. The molecule has 0 unspecified atom stereocenters. The maximum Gasteiger partial charge on any atom is 0.350 e. The lowest BCUT2D eigenvalue weighted by atomic mass is 9.82. The van der Waals surface area contributed by atoms with Crippen molar-refractivity contribution in [2.45, 2.75) is 59.4 Å². The lowest BCUT2D eigenvalue weighted by molar-refractivity contribution is -0.123. The van der Waals surface area contributed by atoms with E-state index < -0.39 is 17.7 Å². The van der Waals surface area contributed by atoms with Gasteiger partial charge in [-0.15, -0.1) is 11.3 Å². The maximum atomic E-state index is 13.7. The molecule has 1 fully saturated rings. The third-order valence-corrected chi connectivity index (χ3v) is 8.32. The second-order valence-electron chi connectivity index (χ2n) is 10.4. The van der Waals surface area contributed by atoms with Gasteiger partial charge in [0.2, 0.25) is 5.91 Å². The maximum absolute atomic E-state index is 13.7. The number of halogens is 1. The molecule has 2 aromatic heterocycles. The Hall–Kier alpha value is -3.59. The summed E-state index contributed by atoms with van der Waals surface area (Å²) in [6.07, 6.45) is 5.37. The van der Waals surface area contributed by atoms with Crippen molar-refractivity contribution in [3.05, 3.63) is 64.4 Å². The van der Waals surface area contributed by atoms with Gasteiger partial charge in [0.1, 0.15) is 16.5 Å². The molecular weight excluding hydrogens is 517 g/mol. The Morgan fingerprint density at radius 2 is 1.77 bits per heavy atom. The Morgan fingerprint density at radius 3 is 2.36 bits per heavy atom. The van der Waals surface area contributed by atoms with Crippen molar-refractivity contribution >= 4 is 40.6 Å². The Balaban J connectivity index is 1.64. The fraction of sp³-hybridized carbons (Fsp3) is 0.400. The number of benzene rings is 1. The van der Waals surface area contributed by atoms with Crippen LogP contribution in [-0.4, -0.2) is 35.9 Å². The highest BCUT2D eigenvalue weighted by atomic mass is 32.1. The molecule has 9 heteroatoms. The summed E-state index contributed by atoms with van der Waals surface area (Å²) in [5, 5.41) is 2.76. The highest BCUT2D eigenvalue weighted by Crippen LogP contribution is 2.40. The van der Waals surface area contributed by atoms with E-state index in [0.717, 1.165) is 36.1 Å². The van der Waals surface area contributed by atoms with Gasteiger partial charge in [-0.3, -0.25) is 9.59 Å². The average Bonchev–Trinajstić information content (AvgIpc) is 3.34. The predicted molar refractivity (Wildman–Crippen MR) is 152 cm³/mol. The number of pyridine rings is 1. The smallest absolute Gasteiger partial charge is 0.350 e. The van der Waals surface area contributed by atoms with Gasteiger partial charge in [0.25, 0.3) is 5.91 Å². The van der Waals surface area contributed by atoms with Crippen LogP contribution in [0.1, 0.15) is 72.0 Å². The monoisotopic (exact) mass is 551 g/mol. The summed E-state index contributed by atoms with van der Waals surface area (Å²) >= 11 is 1.25. The number of aromatic nitrogens is 1. The molecule has 0 spiro atoms. The Kier molecular flexibility index (Phi) is 8.80. The van der Waals surface area contributed by atoms with Crippen LogP contribution in [0.2, 0.25) is 0 Å². The van der Waals surface area contributed by atoms with Gasteiger partial charge in [0, 0.05) is 34.2 Å². The molecule has 39 heavy (non-hydrogen) atoms. The summed E-state index contributed by atoms with van der Waals surface area (Å²) in [6.45, 7) is 7.94. The van der Waals surface area contributed by atoms with Gasteiger partial charge in [0.05, 0.1) is 12.8 Å². The molecule has 206 valence electrons. The highest BCUT2D eigenvalue weighted by molar-refractivity contribution is 7.18. The van der Waals surface area contributed by atoms with Crippen molar-refractivity contribution in [2.24, 2.45) is 11.8 Å². The van der Waals surface area contributed by atoms with E-state index >= 15 is 0 Å². The Bertz CT molecular complexity index is 1360. The normalized spacial score (nSPS) is 17.1. The SMILES string of the molecule is COC(=O)c1sc(-c2cnc(NC(=O)c3ccc(F)cc3)c(C)c2)cc1N(C(=O)[C@H]1CC[C@H](C)CC1)C(C)C. The molecule has 0 radical (unpaired) electrons. The molecule has 0 bridgehead atoms. The van der Waals surface area contributed by atoms with Crippen molar-refractivity contribution in [3.63, 3.8) is 0 Å². The number of rotatable bonds is 7. The fourth-order valence-corrected chi connectivity index (χ4v) is 5.97. The standard InChI is InChI=1S/C30H34FN3O4S/c1-17(2)34(29(36)21-8-6-18(3)7-9-21)24-15-25(39-26(24)30(37)38-5)22-14-19(4)27(32-16-22)33-28(35)20-10-12-23(31)13-11-20/h10-18,21H,6-9H2,1-5H3,(H,32,33,35)/t18-,21-. The molecule has 2 amide bonds. The summed E-state index contributed by atoms with van der Waals surface area (Å²) in [5.74, 6) is -0.330. The van der Waals surface area contributed by atoms with Crippen LogP contribution < -0.4 is 10.2 Å². The summed E-state index contributed by atoms with van der Waals surface area (Å²) in [4.78, 5) is 46.4. The number of nitrogens with zero attached hydrogens (tertiary/aromatic N) is 2. The number of methoxy groups -OCH3 is 1.